The molecule has 2 saturated heterocycles. The number of hydrogen-bond donors (Lipinski definition) is 0. The minimum absolute atomic E-state index is 0.326. The molecule has 0 unspecified atom stereocenters. The zero-order chi connectivity index (χ0) is 17.1. The summed E-state index contributed by atoms with van der Waals surface area (Å²) in [4.78, 5) is 27.6. The van der Waals surface area contributed by atoms with Crippen LogP contribution in [0.1, 0.15) is 30.5 Å². The molecule has 4 rings (SSSR count). The zero-order valence-corrected chi connectivity index (χ0v) is 14.8. The number of nitrogens with zero attached hydrogens (tertiary/aromatic N) is 5. The molecule has 1 amide bonds. The van der Waals surface area contributed by atoms with E-state index < -0.39 is 0 Å². The van der Waals surface area contributed by atoms with Crippen molar-refractivity contribution in [3.05, 3.63) is 17.6 Å². The Morgan fingerprint density at radius 3 is 2.72 bits per heavy atom. The van der Waals surface area contributed by atoms with E-state index in [4.69, 9.17) is 4.74 Å². The fourth-order valence-electron chi connectivity index (χ4n) is 4.05. The number of carbonyl (C=O) groups excluding carboxylic acids is 1. The highest BCUT2D eigenvalue weighted by Gasteiger charge is 2.25. The number of likely N-dealkylation sites (tertiary alicyclic amines) is 1. The number of morpholine rings is 1. The molecular weight excluding hydrogens is 318 g/mol. The molecule has 0 aromatic carbocycles. The molecule has 136 valence electrons. The minimum atomic E-state index is 0.326. The maximum absolute atomic E-state index is 11.7. The number of rotatable bonds is 5. The van der Waals surface area contributed by atoms with Crippen molar-refractivity contribution < 1.29 is 9.53 Å². The molecule has 0 aliphatic carbocycles. The normalized spacial score (nSPS) is 21.7. The Morgan fingerprint density at radius 1 is 1.04 bits per heavy atom. The third-order valence-electron chi connectivity index (χ3n) is 5.44. The van der Waals surface area contributed by atoms with Gasteiger partial charge in [0.05, 0.1) is 18.9 Å². The first-order valence-corrected chi connectivity index (χ1v) is 9.47. The van der Waals surface area contributed by atoms with E-state index in [1.54, 1.807) is 6.33 Å². The molecule has 25 heavy (non-hydrogen) atoms. The first-order chi connectivity index (χ1) is 12.3. The van der Waals surface area contributed by atoms with Gasteiger partial charge in [0.2, 0.25) is 5.91 Å². The molecule has 0 N–H and O–H groups in total. The predicted octanol–water partition coefficient (Wildman–Crippen LogP) is 0.684. The summed E-state index contributed by atoms with van der Waals surface area (Å²) in [7, 11) is 0. The third kappa shape index (κ3) is 3.77. The van der Waals surface area contributed by atoms with Crippen molar-refractivity contribution >= 4 is 11.7 Å². The van der Waals surface area contributed by atoms with E-state index in [1.807, 2.05) is 4.90 Å². The van der Waals surface area contributed by atoms with Crippen LogP contribution in [-0.4, -0.2) is 78.2 Å². The van der Waals surface area contributed by atoms with Gasteiger partial charge in [-0.05, 0) is 12.8 Å². The summed E-state index contributed by atoms with van der Waals surface area (Å²) < 4.78 is 5.47. The summed E-state index contributed by atoms with van der Waals surface area (Å²) in [6.07, 6.45) is 5.49. The molecule has 4 heterocycles. The first-order valence-electron chi connectivity index (χ1n) is 9.47. The maximum atomic E-state index is 11.7. The van der Waals surface area contributed by atoms with Crippen molar-refractivity contribution in [2.45, 2.75) is 32.2 Å². The van der Waals surface area contributed by atoms with Crippen LogP contribution >= 0.6 is 0 Å². The molecule has 7 nitrogen and oxygen atoms in total. The number of aromatic nitrogens is 2. The lowest BCUT2D eigenvalue weighted by atomic mass is 10.1. The average molecular weight is 345 g/mol. The molecule has 3 aliphatic heterocycles. The molecule has 0 atom stereocenters. The Hall–Kier alpha value is -1.73. The highest BCUT2D eigenvalue weighted by atomic mass is 16.5. The molecule has 0 bridgehead atoms. The maximum Gasteiger partial charge on any atom is 0.222 e. The molecule has 7 heteroatoms. The van der Waals surface area contributed by atoms with Crippen LogP contribution in [0.2, 0.25) is 0 Å². The van der Waals surface area contributed by atoms with E-state index in [9.17, 15) is 4.79 Å². The van der Waals surface area contributed by atoms with E-state index in [1.165, 1.54) is 11.3 Å². The van der Waals surface area contributed by atoms with E-state index in [2.05, 4.69) is 19.8 Å². The van der Waals surface area contributed by atoms with Gasteiger partial charge < -0.3 is 14.5 Å². The van der Waals surface area contributed by atoms with Crippen molar-refractivity contribution in [1.29, 1.82) is 0 Å². The van der Waals surface area contributed by atoms with Crippen LogP contribution in [0.25, 0.3) is 0 Å². The van der Waals surface area contributed by atoms with Gasteiger partial charge in [0.15, 0.2) is 0 Å². The standard InChI is InChI=1S/C18H27N5O2/c24-17-3-1-6-22(17)7-2-5-21-8-4-16-15(13-21)18(20-14-19-16)23-9-11-25-12-10-23/h14H,1-13H2. The number of hydrogen-bond acceptors (Lipinski definition) is 6. The summed E-state index contributed by atoms with van der Waals surface area (Å²) >= 11 is 0. The summed E-state index contributed by atoms with van der Waals surface area (Å²) in [6.45, 7) is 8.16. The zero-order valence-electron chi connectivity index (χ0n) is 14.8. The number of ether oxygens (including phenoxy) is 1. The number of amides is 1. The van der Waals surface area contributed by atoms with Gasteiger partial charge in [-0.2, -0.15) is 0 Å². The Labute approximate surface area is 149 Å². The number of fused-ring (bicyclic) bond motifs is 1. The second-order valence-corrected chi connectivity index (χ2v) is 7.09. The van der Waals surface area contributed by atoms with Crippen molar-refractivity contribution in [2.24, 2.45) is 0 Å². The second-order valence-electron chi connectivity index (χ2n) is 7.09. The van der Waals surface area contributed by atoms with Gasteiger partial charge in [0.25, 0.3) is 0 Å². The molecule has 1 aromatic rings. The summed E-state index contributed by atoms with van der Waals surface area (Å²) in [5.41, 5.74) is 2.48. The van der Waals surface area contributed by atoms with E-state index in [0.29, 0.717) is 5.91 Å². The van der Waals surface area contributed by atoms with Crippen LogP contribution in [0.15, 0.2) is 6.33 Å². The summed E-state index contributed by atoms with van der Waals surface area (Å²) in [6, 6.07) is 0. The second kappa shape index (κ2) is 7.66. The fourth-order valence-corrected chi connectivity index (χ4v) is 4.05. The summed E-state index contributed by atoms with van der Waals surface area (Å²) in [5, 5.41) is 0. The van der Waals surface area contributed by atoms with Gasteiger partial charge in [0.1, 0.15) is 12.1 Å². The smallest absolute Gasteiger partial charge is 0.222 e. The quantitative estimate of drug-likeness (QED) is 0.782. The molecule has 0 radical (unpaired) electrons. The van der Waals surface area contributed by atoms with Crippen molar-refractivity contribution in [3.63, 3.8) is 0 Å². The van der Waals surface area contributed by atoms with Crippen LogP contribution in [0, 0.1) is 0 Å². The molecular formula is C18H27N5O2. The van der Waals surface area contributed by atoms with E-state index >= 15 is 0 Å². The Morgan fingerprint density at radius 2 is 1.92 bits per heavy atom. The van der Waals surface area contributed by atoms with Crippen LogP contribution in [0.3, 0.4) is 0 Å². The Balaban J connectivity index is 1.37. The molecule has 0 saturated carbocycles. The van der Waals surface area contributed by atoms with Crippen LogP contribution in [0.5, 0.6) is 0 Å². The van der Waals surface area contributed by atoms with Crippen molar-refractivity contribution in [2.75, 3.05) is 57.4 Å². The fraction of sp³-hybridized carbons (Fsp3) is 0.722. The number of carbonyl (C=O) groups is 1. The molecule has 3 aliphatic rings. The van der Waals surface area contributed by atoms with Gasteiger partial charge in [-0.3, -0.25) is 9.69 Å². The topological polar surface area (TPSA) is 61.8 Å². The van der Waals surface area contributed by atoms with Crippen molar-refractivity contribution in [3.8, 4) is 0 Å². The van der Waals surface area contributed by atoms with Gasteiger partial charge in [-0.1, -0.05) is 0 Å². The van der Waals surface area contributed by atoms with Gasteiger partial charge in [0, 0.05) is 64.2 Å². The van der Waals surface area contributed by atoms with Gasteiger partial charge in [-0.15, -0.1) is 0 Å². The lowest BCUT2D eigenvalue weighted by Crippen LogP contribution is -2.40. The SMILES string of the molecule is O=C1CCCN1CCCN1CCc2ncnc(N3CCOCC3)c2C1. The lowest BCUT2D eigenvalue weighted by molar-refractivity contribution is -0.127. The first kappa shape index (κ1) is 16.7. The monoisotopic (exact) mass is 345 g/mol. The van der Waals surface area contributed by atoms with Crippen LogP contribution in [-0.2, 0) is 22.5 Å². The Bertz CT molecular complexity index is 617. The van der Waals surface area contributed by atoms with E-state index in [0.717, 1.165) is 90.5 Å². The molecule has 0 spiro atoms. The van der Waals surface area contributed by atoms with Gasteiger partial charge in [-0.25, -0.2) is 9.97 Å². The predicted molar refractivity (Wildman–Crippen MR) is 94.5 cm³/mol. The number of anilines is 1. The minimum Gasteiger partial charge on any atom is -0.378 e. The third-order valence-corrected chi connectivity index (χ3v) is 5.44. The Kier molecular flexibility index (Phi) is 5.12. The van der Waals surface area contributed by atoms with Crippen LogP contribution < -0.4 is 4.90 Å². The van der Waals surface area contributed by atoms with Crippen molar-refractivity contribution in [1.82, 2.24) is 19.8 Å². The average Bonchev–Trinajstić information content (AvgIpc) is 3.07. The summed E-state index contributed by atoms with van der Waals surface area (Å²) in [5.74, 6) is 1.42. The highest BCUT2D eigenvalue weighted by molar-refractivity contribution is 5.77. The van der Waals surface area contributed by atoms with Gasteiger partial charge >= 0.3 is 0 Å². The largest absolute Gasteiger partial charge is 0.378 e. The van der Waals surface area contributed by atoms with Crippen LogP contribution in [0.4, 0.5) is 5.82 Å². The highest BCUT2D eigenvalue weighted by Crippen LogP contribution is 2.26. The lowest BCUT2D eigenvalue weighted by Gasteiger charge is -2.34. The van der Waals surface area contributed by atoms with E-state index in [-0.39, 0.29) is 0 Å². The molecule has 1 aromatic heterocycles. The molecule has 2 fully saturated rings.